The van der Waals surface area contributed by atoms with Crippen LogP contribution in [0.1, 0.15) is 45.2 Å². The molecule has 0 spiro atoms. The fraction of sp³-hybridized carbons (Fsp3) is 0.611. The van der Waals surface area contributed by atoms with Crippen molar-refractivity contribution in [3.05, 3.63) is 29.6 Å². The van der Waals surface area contributed by atoms with Gasteiger partial charge in [-0.15, -0.1) is 0 Å². The second kappa shape index (κ2) is 5.13. The van der Waals surface area contributed by atoms with Gasteiger partial charge in [-0.05, 0) is 49.0 Å². The van der Waals surface area contributed by atoms with Crippen LogP contribution < -0.4 is 0 Å². The van der Waals surface area contributed by atoms with Crippen molar-refractivity contribution >= 4 is 11.9 Å². The summed E-state index contributed by atoms with van der Waals surface area (Å²) in [7, 11) is 1.99. The van der Waals surface area contributed by atoms with Crippen molar-refractivity contribution in [3.8, 4) is 0 Å². The van der Waals surface area contributed by atoms with Crippen LogP contribution in [0.15, 0.2) is 23.9 Å². The molecule has 2 fully saturated rings. The molecule has 2 aliphatic rings. The van der Waals surface area contributed by atoms with Crippen molar-refractivity contribution in [2.45, 2.75) is 45.6 Å². The fourth-order valence-electron chi connectivity index (χ4n) is 4.41. The van der Waals surface area contributed by atoms with Gasteiger partial charge in [0.25, 0.3) is 0 Å². The number of aromatic nitrogens is 1. The van der Waals surface area contributed by atoms with Gasteiger partial charge in [-0.3, -0.25) is 4.79 Å². The van der Waals surface area contributed by atoms with E-state index in [4.69, 9.17) is 0 Å². The van der Waals surface area contributed by atoms with Gasteiger partial charge in [-0.25, -0.2) is 0 Å². The number of aliphatic hydroxyl groups is 1. The van der Waals surface area contributed by atoms with Gasteiger partial charge < -0.3 is 9.67 Å². The third-order valence-electron chi connectivity index (χ3n) is 5.81. The van der Waals surface area contributed by atoms with Gasteiger partial charge >= 0.3 is 0 Å². The number of hydrogen-bond donors (Lipinski definition) is 1. The summed E-state index contributed by atoms with van der Waals surface area (Å²) in [4.78, 5) is 12.7. The summed E-state index contributed by atoms with van der Waals surface area (Å²) in [5.74, 6) is 0.609. The molecule has 21 heavy (non-hydrogen) atoms. The lowest BCUT2D eigenvalue weighted by atomic mass is 9.54. The van der Waals surface area contributed by atoms with E-state index in [9.17, 15) is 9.90 Å². The van der Waals surface area contributed by atoms with E-state index in [-0.39, 0.29) is 23.2 Å². The summed E-state index contributed by atoms with van der Waals surface area (Å²) in [6.45, 7) is 4.21. The SMILES string of the molecule is CC1C(=O)/C(=C\c2cccn2C)C[C@@]2(C)C1CCC[C@@H]2O. The van der Waals surface area contributed by atoms with Crippen molar-refractivity contribution < 1.29 is 9.90 Å². The Labute approximate surface area is 126 Å². The number of hydrogen-bond acceptors (Lipinski definition) is 2. The Balaban J connectivity index is 1.98. The molecule has 2 aliphatic carbocycles. The average Bonchev–Trinajstić information content (AvgIpc) is 2.84. The first-order valence-electron chi connectivity index (χ1n) is 7.97. The lowest BCUT2D eigenvalue weighted by Gasteiger charge is -2.51. The zero-order chi connectivity index (χ0) is 15.2. The van der Waals surface area contributed by atoms with Gasteiger partial charge in [0.05, 0.1) is 6.10 Å². The molecule has 3 nitrogen and oxygen atoms in total. The number of rotatable bonds is 1. The molecule has 0 bridgehead atoms. The third kappa shape index (κ3) is 2.28. The first-order chi connectivity index (χ1) is 9.93. The molecule has 114 valence electrons. The molecule has 0 aliphatic heterocycles. The van der Waals surface area contributed by atoms with E-state index in [2.05, 4.69) is 6.92 Å². The molecule has 2 saturated carbocycles. The highest BCUT2D eigenvalue weighted by Crippen LogP contribution is 2.53. The van der Waals surface area contributed by atoms with E-state index in [0.29, 0.717) is 12.3 Å². The number of nitrogens with zero attached hydrogens (tertiary/aromatic N) is 1. The molecule has 0 saturated heterocycles. The number of Topliss-reactive ketones (excluding diaryl/α,β-unsaturated/α-hetero) is 1. The van der Waals surface area contributed by atoms with Gasteiger partial charge in [0.2, 0.25) is 0 Å². The summed E-state index contributed by atoms with van der Waals surface area (Å²) >= 11 is 0. The van der Waals surface area contributed by atoms with Crippen LogP contribution in [0.2, 0.25) is 0 Å². The lowest BCUT2D eigenvalue weighted by molar-refractivity contribution is -0.133. The lowest BCUT2D eigenvalue weighted by Crippen LogP contribution is -2.51. The maximum atomic E-state index is 12.7. The Morgan fingerprint density at radius 3 is 2.86 bits per heavy atom. The van der Waals surface area contributed by atoms with Crippen LogP contribution in [0.3, 0.4) is 0 Å². The molecular weight excluding hydrogens is 262 g/mol. The number of carbonyl (C=O) groups is 1. The van der Waals surface area contributed by atoms with Crippen LogP contribution in [-0.4, -0.2) is 21.6 Å². The molecule has 0 amide bonds. The van der Waals surface area contributed by atoms with Crippen LogP contribution in [-0.2, 0) is 11.8 Å². The molecule has 3 heteroatoms. The maximum Gasteiger partial charge on any atom is 0.162 e. The van der Waals surface area contributed by atoms with Crippen LogP contribution in [0.5, 0.6) is 0 Å². The number of allylic oxidation sites excluding steroid dienone is 1. The first-order valence-corrected chi connectivity index (χ1v) is 7.97. The topological polar surface area (TPSA) is 42.2 Å². The third-order valence-corrected chi connectivity index (χ3v) is 5.81. The Morgan fingerprint density at radius 1 is 1.43 bits per heavy atom. The molecular formula is C18H25NO2. The monoisotopic (exact) mass is 287 g/mol. The Hall–Kier alpha value is -1.35. The number of ketones is 1. The summed E-state index contributed by atoms with van der Waals surface area (Å²) in [5.41, 5.74) is 1.78. The van der Waals surface area contributed by atoms with Crippen molar-refractivity contribution in [2.75, 3.05) is 0 Å². The minimum atomic E-state index is -0.288. The van der Waals surface area contributed by atoms with Gasteiger partial charge in [0, 0.05) is 30.3 Å². The van der Waals surface area contributed by atoms with Gasteiger partial charge in [0.1, 0.15) is 0 Å². The zero-order valence-electron chi connectivity index (χ0n) is 13.2. The second-order valence-electron chi connectivity index (χ2n) is 7.10. The summed E-state index contributed by atoms with van der Waals surface area (Å²) < 4.78 is 2.02. The molecule has 1 heterocycles. The summed E-state index contributed by atoms with van der Waals surface area (Å²) in [5, 5.41) is 10.5. The Morgan fingerprint density at radius 2 is 2.19 bits per heavy atom. The molecule has 0 radical (unpaired) electrons. The number of fused-ring (bicyclic) bond motifs is 1. The smallest absolute Gasteiger partial charge is 0.162 e. The largest absolute Gasteiger partial charge is 0.393 e. The van der Waals surface area contributed by atoms with Crippen LogP contribution in [0.4, 0.5) is 0 Å². The van der Waals surface area contributed by atoms with Gasteiger partial charge in [-0.1, -0.05) is 20.3 Å². The maximum absolute atomic E-state index is 12.7. The van der Waals surface area contributed by atoms with Crippen LogP contribution >= 0.6 is 0 Å². The first kappa shape index (κ1) is 14.6. The molecule has 0 aromatic carbocycles. The molecule has 1 N–H and O–H groups in total. The van der Waals surface area contributed by atoms with Crippen LogP contribution in [0, 0.1) is 17.3 Å². The normalized spacial score (nSPS) is 38.6. The molecule has 3 rings (SSSR count). The highest BCUT2D eigenvalue weighted by molar-refractivity contribution is 6.02. The van der Waals surface area contributed by atoms with E-state index in [0.717, 1.165) is 30.5 Å². The number of aryl methyl sites for hydroxylation is 1. The summed E-state index contributed by atoms with van der Waals surface area (Å²) in [6, 6.07) is 4.01. The van der Waals surface area contributed by atoms with E-state index >= 15 is 0 Å². The van der Waals surface area contributed by atoms with E-state index in [1.807, 2.05) is 42.9 Å². The predicted octanol–water partition coefficient (Wildman–Crippen LogP) is 3.18. The predicted molar refractivity (Wildman–Crippen MR) is 83.6 cm³/mol. The van der Waals surface area contributed by atoms with Gasteiger partial charge in [0.15, 0.2) is 5.78 Å². The molecule has 1 aromatic rings. The highest BCUT2D eigenvalue weighted by Gasteiger charge is 2.51. The van der Waals surface area contributed by atoms with Crippen molar-refractivity contribution in [1.82, 2.24) is 4.57 Å². The molecule has 2 unspecified atom stereocenters. The van der Waals surface area contributed by atoms with Crippen LogP contribution in [0.25, 0.3) is 6.08 Å². The van der Waals surface area contributed by atoms with E-state index in [1.165, 1.54) is 0 Å². The van der Waals surface area contributed by atoms with Crippen molar-refractivity contribution in [1.29, 1.82) is 0 Å². The highest BCUT2D eigenvalue weighted by atomic mass is 16.3. The molecule has 4 atom stereocenters. The van der Waals surface area contributed by atoms with Gasteiger partial charge in [-0.2, -0.15) is 0 Å². The second-order valence-corrected chi connectivity index (χ2v) is 7.10. The van der Waals surface area contributed by atoms with E-state index in [1.54, 1.807) is 0 Å². The van der Waals surface area contributed by atoms with Crippen molar-refractivity contribution in [3.63, 3.8) is 0 Å². The summed E-state index contributed by atoms with van der Waals surface area (Å²) in [6.07, 6.45) is 7.39. The van der Waals surface area contributed by atoms with E-state index < -0.39 is 0 Å². The number of carbonyl (C=O) groups excluding carboxylic acids is 1. The minimum absolute atomic E-state index is 0.0187. The fourth-order valence-corrected chi connectivity index (χ4v) is 4.41. The Kier molecular flexibility index (Phi) is 3.56. The quantitative estimate of drug-likeness (QED) is 0.806. The standard InChI is InChI=1S/C18H25NO2/c1-12-15-7-4-8-16(20)18(15,2)11-13(17(12)21)10-14-6-5-9-19(14)3/h5-6,9-10,12,15-16,20H,4,7-8,11H2,1-3H3/b13-10-/t12?,15?,16-,18-/m0/s1. The minimum Gasteiger partial charge on any atom is -0.393 e. The van der Waals surface area contributed by atoms with Crippen molar-refractivity contribution in [2.24, 2.45) is 24.3 Å². The number of aliphatic hydroxyl groups excluding tert-OH is 1. The Bertz CT molecular complexity index is 586. The zero-order valence-corrected chi connectivity index (χ0v) is 13.2. The average molecular weight is 287 g/mol. The molecule has 1 aromatic heterocycles.